The highest BCUT2D eigenvalue weighted by atomic mass is 35.5. The van der Waals surface area contributed by atoms with Crippen molar-refractivity contribution >= 4 is 23.4 Å². The average molecular weight is 389 g/mol. The van der Waals surface area contributed by atoms with Crippen molar-refractivity contribution in [2.45, 2.75) is 25.9 Å². The summed E-state index contributed by atoms with van der Waals surface area (Å²) >= 11 is 5.91. The van der Waals surface area contributed by atoms with Gasteiger partial charge in [0.2, 0.25) is 11.8 Å². The molecule has 3 rings (SSSR count). The van der Waals surface area contributed by atoms with Crippen molar-refractivity contribution in [1.82, 2.24) is 10.6 Å². The van der Waals surface area contributed by atoms with Crippen LogP contribution in [0.5, 0.6) is 11.5 Å². The van der Waals surface area contributed by atoms with E-state index in [2.05, 4.69) is 10.6 Å². The third-order valence-corrected chi connectivity index (χ3v) is 4.39. The summed E-state index contributed by atoms with van der Waals surface area (Å²) in [5.41, 5.74) is 1.74. The minimum Gasteiger partial charge on any atom is -0.486 e. The predicted molar refractivity (Wildman–Crippen MR) is 102 cm³/mol. The maximum atomic E-state index is 12.4. The molecule has 0 aromatic heterocycles. The number of rotatable bonds is 6. The molecule has 0 fully saturated rings. The van der Waals surface area contributed by atoms with Gasteiger partial charge < -0.3 is 20.1 Å². The van der Waals surface area contributed by atoms with Crippen molar-refractivity contribution in [1.29, 1.82) is 0 Å². The van der Waals surface area contributed by atoms with Crippen LogP contribution in [0.4, 0.5) is 0 Å². The van der Waals surface area contributed by atoms with Crippen LogP contribution >= 0.6 is 11.6 Å². The van der Waals surface area contributed by atoms with Crippen LogP contribution < -0.4 is 20.1 Å². The third-order valence-electron chi connectivity index (χ3n) is 4.14. The van der Waals surface area contributed by atoms with Crippen molar-refractivity contribution in [3.05, 3.63) is 58.6 Å². The summed E-state index contributed by atoms with van der Waals surface area (Å²) < 4.78 is 11.0. The third kappa shape index (κ3) is 5.37. The van der Waals surface area contributed by atoms with E-state index >= 15 is 0 Å². The van der Waals surface area contributed by atoms with Gasteiger partial charge in [-0.3, -0.25) is 9.59 Å². The fourth-order valence-electron chi connectivity index (χ4n) is 2.85. The summed E-state index contributed by atoms with van der Waals surface area (Å²) in [5, 5.41) is 6.28. The highest BCUT2D eigenvalue weighted by Crippen LogP contribution is 2.30. The van der Waals surface area contributed by atoms with Crippen LogP contribution in [0.3, 0.4) is 0 Å². The molecule has 2 aromatic carbocycles. The van der Waals surface area contributed by atoms with Gasteiger partial charge in [0.1, 0.15) is 13.2 Å². The van der Waals surface area contributed by atoms with E-state index in [0.717, 1.165) is 11.1 Å². The molecule has 1 aliphatic rings. The van der Waals surface area contributed by atoms with E-state index in [0.29, 0.717) is 36.3 Å². The first-order valence-corrected chi connectivity index (χ1v) is 9.07. The van der Waals surface area contributed by atoms with E-state index in [1.54, 1.807) is 24.3 Å². The van der Waals surface area contributed by atoms with Gasteiger partial charge in [-0.2, -0.15) is 0 Å². The molecule has 0 saturated heterocycles. The minimum atomic E-state index is -0.417. The molecule has 0 radical (unpaired) electrons. The van der Waals surface area contributed by atoms with Crippen LogP contribution in [0, 0.1) is 0 Å². The first-order chi connectivity index (χ1) is 13.0. The zero-order valence-electron chi connectivity index (χ0n) is 15.0. The largest absolute Gasteiger partial charge is 0.486 e. The molecule has 142 valence electrons. The second-order valence-electron chi connectivity index (χ2n) is 6.26. The van der Waals surface area contributed by atoms with Crippen molar-refractivity contribution in [2.24, 2.45) is 0 Å². The molecule has 1 aliphatic heterocycles. The summed E-state index contributed by atoms with van der Waals surface area (Å²) in [5.74, 6) is 1.03. The Balaban J connectivity index is 1.60. The summed E-state index contributed by atoms with van der Waals surface area (Å²) in [4.78, 5) is 23.9. The summed E-state index contributed by atoms with van der Waals surface area (Å²) in [6, 6.07) is 12.2. The Kier molecular flexibility index (Phi) is 6.19. The minimum absolute atomic E-state index is 0.131. The van der Waals surface area contributed by atoms with Crippen LogP contribution in [0.2, 0.25) is 5.02 Å². The molecule has 0 bridgehead atoms. The van der Waals surface area contributed by atoms with Crippen molar-refractivity contribution in [2.75, 3.05) is 13.2 Å². The Morgan fingerprint density at radius 3 is 2.48 bits per heavy atom. The lowest BCUT2D eigenvalue weighted by Gasteiger charge is -2.20. The molecule has 7 heteroatoms. The van der Waals surface area contributed by atoms with Gasteiger partial charge in [-0.05, 0) is 35.4 Å². The van der Waals surface area contributed by atoms with Crippen molar-refractivity contribution < 1.29 is 19.1 Å². The average Bonchev–Trinajstić information content (AvgIpc) is 2.66. The molecule has 1 atom stereocenters. The fourth-order valence-corrected chi connectivity index (χ4v) is 2.97. The Bertz CT molecular complexity index is 823. The fraction of sp³-hybridized carbons (Fsp3) is 0.300. The maximum Gasteiger partial charge on any atom is 0.222 e. The van der Waals surface area contributed by atoms with Crippen LogP contribution in [0.25, 0.3) is 0 Å². The molecule has 2 amide bonds. The monoisotopic (exact) mass is 388 g/mol. The number of hydrogen-bond donors (Lipinski definition) is 2. The van der Waals surface area contributed by atoms with E-state index in [-0.39, 0.29) is 18.2 Å². The number of fused-ring (bicyclic) bond motifs is 1. The molecule has 6 nitrogen and oxygen atoms in total. The zero-order chi connectivity index (χ0) is 19.2. The van der Waals surface area contributed by atoms with Crippen LogP contribution in [0.15, 0.2) is 42.5 Å². The van der Waals surface area contributed by atoms with E-state index in [1.165, 1.54) is 6.92 Å². The van der Waals surface area contributed by atoms with Crippen LogP contribution in [0.1, 0.15) is 30.5 Å². The number of halogens is 1. The Morgan fingerprint density at radius 1 is 1.07 bits per heavy atom. The SMILES string of the molecule is CC(=O)N[C@H](CC(=O)NCc1ccc2c(c1)OCCO2)c1ccc(Cl)cc1. The molecule has 0 spiro atoms. The molecule has 2 aromatic rings. The number of nitrogens with one attached hydrogen (secondary N) is 2. The smallest absolute Gasteiger partial charge is 0.222 e. The van der Waals surface area contributed by atoms with E-state index < -0.39 is 6.04 Å². The zero-order valence-corrected chi connectivity index (χ0v) is 15.7. The first kappa shape index (κ1) is 19.0. The molecule has 1 heterocycles. The van der Waals surface area contributed by atoms with Gasteiger partial charge in [0.25, 0.3) is 0 Å². The van der Waals surface area contributed by atoms with E-state index in [1.807, 2.05) is 18.2 Å². The lowest BCUT2D eigenvalue weighted by Crippen LogP contribution is -2.32. The van der Waals surface area contributed by atoms with Gasteiger partial charge >= 0.3 is 0 Å². The number of carbonyl (C=O) groups is 2. The Hall–Kier alpha value is -2.73. The number of amides is 2. The Morgan fingerprint density at radius 2 is 1.78 bits per heavy atom. The molecular weight excluding hydrogens is 368 g/mol. The van der Waals surface area contributed by atoms with Crippen LogP contribution in [-0.2, 0) is 16.1 Å². The molecule has 0 saturated carbocycles. The lowest BCUT2D eigenvalue weighted by molar-refractivity contribution is -0.122. The molecule has 2 N–H and O–H groups in total. The van der Waals surface area contributed by atoms with Gasteiger partial charge in [0.15, 0.2) is 11.5 Å². The quantitative estimate of drug-likeness (QED) is 0.797. The summed E-state index contributed by atoms with van der Waals surface area (Å²) in [7, 11) is 0. The van der Waals surface area contributed by atoms with Gasteiger partial charge in [-0.25, -0.2) is 0 Å². The molecule has 0 aliphatic carbocycles. The topological polar surface area (TPSA) is 76.7 Å². The van der Waals surface area contributed by atoms with Gasteiger partial charge in [0.05, 0.1) is 12.5 Å². The standard InChI is InChI=1S/C20H21ClN2O4/c1-13(24)23-17(15-3-5-16(21)6-4-15)11-20(25)22-12-14-2-7-18-19(10-14)27-9-8-26-18/h2-7,10,17H,8-9,11-12H2,1H3,(H,22,25)(H,23,24)/t17-/m1/s1. The summed E-state index contributed by atoms with van der Waals surface area (Å²) in [6.07, 6.45) is 0.131. The Labute approximate surface area is 162 Å². The number of ether oxygens (including phenoxy) is 2. The van der Waals surface area contributed by atoms with E-state index in [9.17, 15) is 9.59 Å². The maximum absolute atomic E-state index is 12.4. The number of benzene rings is 2. The normalized spacial score (nSPS) is 13.6. The second kappa shape index (κ2) is 8.77. The lowest BCUT2D eigenvalue weighted by atomic mass is 10.0. The van der Waals surface area contributed by atoms with Gasteiger partial charge in [0, 0.05) is 18.5 Å². The number of carbonyl (C=O) groups excluding carboxylic acids is 2. The number of hydrogen-bond acceptors (Lipinski definition) is 4. The van der Waals surface area contributed by atoms with Crippen molar-refractivity contribution in [3.8, 4) is 11.5 Å². The predicted octanol–water partition coefficient (Wildman–Crippen LogP) is 2.99. The molecule has 27 heavy (non-hydrogen) atoms. The van der Waals surface area contributed by atoms with Gasteiger partial charge in [-0.15, -0.1) is 0 Å². The summed E-state index contributed by atoms with van der Waals surface area (Å²) in [6.45, 7) is 2.85. The first-order valence-electron chi connectivity index (χ1n) is 8.69. The molecular formula is C20H21ClN2O4. The highest BCUT2D eigenvalue weighted by Gasteiger charge is 2.17. The highest BCUT2D eigenvalue weighted by molar-refractivity contribution is 6.30. The van der Waals surface area contributed by atoms with E-state index in [4.69, 9.17) is 21.1 Å². The second-order valence-corrected chi connectivity index (χ2v) is 6.70. The van der Waals surface area contributed by atoms with Crippen molar-refractivity contribution in [3.63, 3.8) is 0 Å². The molecule has 0 unspecified atom stereocenters. The van der Waals surface area contributed by atoms with Gasteiger partial charge in [-0.1, -0.05) is 29.8 Å². The van der Waals surface area contributed by atoms with Crippen LogP contribution in [-0.4, -0.2) is 25.0 Å².